The molecular formula is C15H23NO2. The van der Waals surface area contributed by atoms with Gasteiger partial charge in [-0.05, 0) is 36.8 Å². The second-order valence-corrected chi connectivity index (χ2v) is 5.17. The van der Waals surface area contributed by atoms with Crippen molar-refractivity contribution in [1.82, 2.24) is 4.98 Å². The Hall–Kier alpha value is -1.09. The van der Waals surface area contributed by atoms with E-state index in [9.17, 15) is 5.11 Å². The molecule has 1 fully saturated rings. The van der Waals surface area contributed by atoms with E-state index < -0.39 is 0 Å². The summed E-state index contributed by atoms with van der Waals surface area (Å²) in [5.74, 6) is 1.37. The molecule has 0 saturated heterocycles. The molecule has 3 heteroatoms. The molecule has 0 amide bonds. The fourth-order valence-corrected chi connectivity index (χ4v) is 2.55. The first kappa shape index (κ1) is 13.3. The Bertz CT molecular complexity index is 373. The van der Waals surface area contributed by atoms with E-state index in [4.69, 9.17) is 4.74 Å². The van der Waals surface area contributed by atoms with Gasteiger partial charge >= 0.3 is 0 Å². The number of aryl methyl sites for hydroxylation is 1. The molecule has 1 N–H and O–H groups in total. The first-order valence-electron chi connectivity index (χ1n) is 7.05. The largest absolute Gasteiger partial charge is 0.477 e. The number of aromatic nitrogens is 1. The summed E-state index contributed by atoms with van der Waals surface area (Å²) in [4.78, 5) is 4.50. The predicted molar refractivity (Wildman–Crippen MR) is 71.6 cm³/mol. The first-order valence-corrected chi connectivity index (χ1v) is 7.05. The molecule has 0 spiro atoms. The molecule has 1 aromatic heterocycles. The lowest BCUT2D eigenvalue weighted by Gasteiger charge is -2.12. The van der Waals surface area contributed by atoms with E-state index in [0.29, 0.717) is 11.8 Å². The van der Waals surface area contributed by atoms with Crippen molar-refractivity contribution in [2.75, 3.05) is 6.61 Å². The van der Waals surface area contributed by atoms with Crippen LogP contribution in [0.3, 0.4) is 0 Å². The zero-order valence-corrected chi connectivity index (χ0v) is 11.2. The third-order valence-corrected chi connectivity index (χ3v) is 3.55. The van der Waals surface area contributed by atoms with E-state index in [2.05, 4.69) is 11.9 Å². The van der Waals surface area contributed by atoms with Crippen LogP contribution in [0, 0.1) is 5.92 Å². The highest BCUT2D eigenvalue weighted by atomic mass is 16.5. The minimum absolute atomic E-state index is 0.0546. The van der Waals surface area contributed by atoms with Crippen molar-refractivity contribution in [2.24, 2.45) is 5.92 Å². The summed E-state index contributed by atoms with van der Waals surface area (Å²) in [5, 5.41) is 9.25. The second kappa shape index (κ2) is 6.74. The highest BCUT2D eigenvalue weighted by Gasteiger charge is 2.16. The smallest absolute Gasteiger partial charge is 0.213 e. The number of aliphatic hydroxyl groups is 1. The third-order valence-electron chi connectivity index (χ3n) is 3.55. The lowest BCUT2D eigenvalue weighted by Crippen LogP contribution is -2.09. The quantitative estimate of drug-likeness (QED) is 0.842. The van der Waals surface area contributed by atoms with Crippen LogP contribution >= 0.6 is 0 Å². The van der Waals surface area contributed by atoms with Crippen molar-refractivity contribution in [3.05, 3.63) is 23.4 Å². The summed E-state index contributed by atoms with van der Waals surface area (Å²) in [6.45, 7) is 2.96. The van der Waals surface area contributed by atoms with Gasteiger partial charge in [0, 0.05) is 11.8 Å². The van der Waals surface area contributed by atoms with Crippen LogP contribution in [0.25, 0.3) is 0 Å². The molecule has 0 aliphatic heterocycles. The van der Waals surface area contributed by atoms with Crippen LogP contribution in [0.4, 0.5) is 0 Å². The summed E-state index contributed by atoms with van der Waals surface area (Å²) in [6, 6.07) is 3.82. The number of hydrogen-bond acceptors (Lipinski definition) is 3. The topological polar surface area (TPSA) is 42.4 Å². The van der Waals surface area contributed by atoms with Crippen LogP contribution in [0.5, 0.6) is 5.88 Å². The van der Waals surface area contributed by atoms with Crippen LogP contribution in [-0.2, 0) is 13.0 Å². The normalized spacial score (nSPS) is 16.1. The van der Waals surface area contributed by atoms with Gasteiger partial charge in [-0.25, -0.2) is 4.98 Å². The maximum Gasteiger partial charge on any atom is 0.213 e. The predicted octanol–water partition coefficient (Wildman–Crippen LogP) is 3.10. The fourth-order valence-electron chi connectivity index (χ4n) is 2.55. The zero-order valence-electron chi connectivity index (χ0n) is 11.2. The molecular weight excluding hydrogens is 226 g/mol. The van der Waals surface area contributed by atoms with Crippen LogP contribution in [0.15, 0.2) is 12.1 Å². The second-order valence-electron chi connectivity index (χ2n) is 5.17. The molecule has 0 unspecified atom stereocenters. The molecule has 3 nitrogen and oxygen atoms in total. The number of aliphatic hydroxyl groups excluding tert-OH is 1. The molecule has 100 valence electrons. The average molecular weight is 249 g/mol. The van der Waals surface area contributed by atoms with E-state index in [0.717, 1.165) is 30.7 Å². The van der Waals surface area contributed by atoms with Gasteiger partial charge in [0.1, 0.15) is 0 Å². The highest BCUT2D eigenvalue weighted by molar-refractivity contribution is 5.24. The van der Waals surface area contributed by atoms with Crippen LogP contribution in [0.1, 0.15) is 50.3 Å². The van der Waals surface area contributed by atoms with Crippen LogP contribution < -0.4 is 4.74 Å². The Labute approximate surface area is 109 Å². The summed E-state index contributed by atoms with van der Waals surface area (Å²) in [7, 11) is 0. The standard InChI is InChI=1S/C15H23NO2/c1-2-5-14-8-13(10-17)9-15(16-14)18-11-12-6-3-4-7-12/h8-9,12,17H,2-7,10-11H2,1H3. The molecule has 0 aromatic carbocycles. The van der Waals surface area contributed by atoms with E-state index >= 15 is 0 Å². The van der Waals surface area contributed by atoms with E-state index in [-0.39, 0.29) is 6.61 Å². The average Bonchev–Trinajstić information content (AvgIpc) is 2.89. The van der Waals surface area contributed by atoms with Crippen molar-refractivity contribution < 1.29 is 9.84 Å². The lowest BCUT2D eigenvalue weighted by molar-refractivity contribution is 0.240. The molecule has 1 heterocycles. The van der Waals surface area contributed by atoms with Crippen LogP contribution in [-0.4, -0.2) is 16.7 Å². The van der Waals surface area contributed by atoms with Crippen molar-refractivity contribution >= 4 is 0 Å². The van der Waals surface area contributed by atoms with Gasteiger partial charge in [0.2, 0.25) is 5.88 Å². The number of hydrogen-bond donors (Lipinski definition) is 1. The van der Waals surface area contributed by atoms with Crippen molar-refractivity contribution in [3.8, 4) is 5.88 Å². The van der Waals surface area contributed by atoms with Gasteiger partial charge in [-0.1, -0.05) is 26.2 Å². The van der Waals surface area contributed by atoms with Crippen molar-refractivity contribution in [3.63, 3.8) is 0 Å². The lowest BCUT2D eigenvalue weighted by atomic mass is 10.1. The third kappa shape index (κ3) is 3.70. The molecule has 18 heavy (non-hydrogen) atoms. The van der Waals surface area contributed by atoms with E-state index in [1.807, 2.05) is 12.1 Å². The van der Waals surface area contributed by atoms with Crippen LogP contribution in [0.2, 0.25) is 0 Å². The minimum Gasteiger partial charge on any atom is -0.477 e. The SMILES string of the molecule is CCCc1cc(CO)cc(OCC2CCCC2)n1. The molecule has 0 radical (unpaired) electrons. The molecule has 0 bridgehead atoms. The Kier molecular flexibility index (Phi) is 5.00. The summed E-state index contributed by atoms with van der Waals surface area (Å²) < 4.78 is 5.80. The van der Waals surface area contributed by atoms with Gasteiger partial charge in [-0.2, -0.15) is 0 Å². The Morgan fingerprint density at radius 3 is 2.78 bits per heavy atom. The number of ether oxygens (including phenoxy) is 1. The van der Waals surface area contributed by atoms with E-state index in [1.54, 1.807) is 0 Å². The Balaban J connectivity index is 1.98. The van der Waals surface area contributed by atoms with Crippen molar-refractivity contribution in [2.45, 2.75) is 52.1 Å². The number of rotatable bonds is 6. The molecule has 1 aromatic rings. The monoisotopic (exact) mass is 249 g/mol. The molecule has 0 atom stereocenters. The number of pyridine rings is 1. The maximum absolute atomic E-state index is 9.25. The Morgan fingerprint density at radius 2 is 2.11 bits per heavy atom. The molecule has 1 aliphatic carbocycles. The Morgan fingerprint density at radius 1 is 1.33 bits per heavy atom. The summed E-state index contributed by atoms with van der Waals surface area (Å²) in [5.41, 5.74) is 1.92. The first-order chi connectivity index (χ1) is 8.81. The van der Waals surface area contributed by atoms with Gasteiger partial charge in [-0.15, -0.1) is 0 Å². The molecule has 2 rings (SSSR count). The van der Waals surface area contributed by atoms with Gasteiger partial charge in [0.25, 0.3) is 0 Å². The maximum atomic E-state index is 9.25. The van der Waals surface area contributed by atoms with Crippen molar-refractivity contribution in [1.29, 1.82) is 0 Å². The number of nitrogens with zero attached hydrogens (tertiary/aromatic N) is 1. The van der Waals surface area contributed by atoms with Gasteiger partial charge in [-0.3, -0.25) is 0 Å². The van der Waals surface area contributed by atoms with Gasteiger partial charge in [0.15, 0.2) is 0 Å². The fraction of sp³-hybridized carbons (Fsp3) is 0.667. The molecule has 1 saturated carbocycles. The van der Waals surface area contributed by atoms with Gasteiger partial charge < -0.3 is 9.84 Å². The zero-order chi connectivity index (χ0) is 12.8. The van der Waals surface area contributed by atoms with Gasteiger partial charge in [0.05, 0.1) is 13.2 Å². The summed E-state index contributed by atoms with van der Waals surface area (Å²) >= 11 is 0. The highest BCUT2D eigenvalue weighted by Crippen LogP contribution is 2.25. The van der Waals surface area contributed by atoms with E-state index in [1.165, 1.54) is 25.7 Å². The summed E-state index contributed by atoms with van der Waals surface area (Å²) in [6.07, 6.45) is 7.22. The minimum atomic E-state index is 0.0546. The molecule has 1 aliphatic rings.